The van der Waals surface area contributed by atoms with Gasteiger partial charge in [0, 0.05) is 12.3 Å². The van der Waals surface area contributed by atoms with Crippen LogP contribution in [0.5, 0.6) is 5.75 Å². The molecule has 4 heteroatoms. The fourth-order valence-corrected chi connectivity index (χ4v) is 1.06. The van der Waals surface area contributed by atoms with Gasteiger partial charge in [0.05, 0.1) is 0 Å². The van der Waals surface area contributed by atoms with Crippen molar-refractivity contribution in [3.05, 3.63) is 30.1 Å². The summed E-state index contributed by atoms with van der Waals surface area (Å²) in [6.45, 7) is 0. The standard InChI is InChI=1S/C8H7NO3/c10-5-4-7(11)12-6-2-1-3-9-8(5)6/h1-4,7,10-11H. The van der Waals surface area contributed by atoms with Crippen LogP contribution in [-0.2, 0) is 0 Å². The molecule has 0 aromatic carbocycles. The number of nitrogens with zero attached hydrogens (tertiary/aromatic N) is 1. The second kappa shape index (κ2) is 2.49. The van der Waals surface area contributed by atoms with Crippen molar-refractivity contribution in [2.45, 2.75) is 6.29 Å². The summed E-state index contributed by atoms with van der Waals surface area (Å²) in [5.74, 6) is 0.342. The third-order valence-electron chi connectivity index (χ3n) is 1.56. The van der Waals surface area contributed by atoms with E-state index >= 15 is 0 Å². The summed E-state index contributed by atoms with van der Waals surface area (Å²) < 4.78 is 4.96. The van der Waals surface area contributed by atoms with Crippen LogP contribution in [0.2, 0.25) is 0 Å². The SMILES string of the molecule is OC1=CC(O)Oc2cccnc21. The highest BCUT2D eigenvalue weighted by atomic mass is 16.6. The monoisotopic (exact) mass is 165 g/mol. The number of rotatable bonds is 0. The van der Waals surface area contributed by atoms with Crippen LogP contribution < -0.4 is 4.74 Å². The summed E-state index contributed by atoms with van der Waals surface area (Å²) in [5, 5.41) is 18.3. The molecule has 1 unspecified atom stereocenters. The van der Waals surface area contributed by atoms with E-state index in [0.29, 0.717) is 11.4 Å². The molecule has 0 saturated heterocycles. The Bertz CT molecular complexity index is 335. The smallest absolute Gasteiger partial charge is 0.221 e. The van der Waals surface area contributed by atoms with Gasteiger partial charge in [-0.15, -0.1) is 0 Å². The molecule has 1 atom stereocenters. The Morgan fingerprint density at radius 2 is 2.33 bits per heavy atom. The number of fused-ring (bicyclic) bond motifs is 1. The molecule has 2 N–H and O–H groups in total. The van der Waals surface area contributed by atoms with Crippen LogP contribution in [0.3, 0.4) is 0 Å². The third-order valence-corrected chi connectivity index (χ3v) is 1.56. The minimum absolute atomic E-state index is 0.0515. The van der Waals surface area contributed by atoms with E-state index in [0.717, 1.165) is 0 Å². The van der Waals surface area contributed by atoms with Gasteiger partial charge < -0.3 is 14.9 Å². The number of hydrogen-bond donors (Lipinski definition) is 2. The van der Waals surface area contributed by atoms with E-state index in [-0.39, 0.29) is 5.76 Å². The zero-order chi connectivity index (χ0) is 8.55. The molecule has 1 aliphatic heterocycles. The van der Waals surface area contributed by atoms with E-state index in [4.69, 9.17) is 9.84 Å². The average molecular weight is 165 g/mol. The molecular formula is C8H7NO3. The minimum Gasteiger partial charge on any atom is -0.506 e. The van der Waals surface area contributed by atoms with Gasteiger partial charge in [-0.2, -0.15) is 0 Å². The van der Waals surface area contributed by atoms with Crippen molar-refractivity contribution in [2.24, 2.45) is 0 Å². The summed E-state index contributed by atoms with van der Waals surface area (Å²) in [5.41, 5.74) is 0.364. The minimum atomic E-state index is -1.08. The molecule has 1 aliphatic rings. The molecule has 0 bridgehead atoms. The quantitative estimate of drug-likeness (QED) is 0.593. The van der Waals surface area contributed by atoms with Crippen LogP contribution >= 0.6 is 0 Å². The highest BCUT2D eigenvalue weighted by Crippen LogP contribution is 2.26. The van der Waals surface area contributed by atoms with E-state index < -0.39 is 6.29 Å². The molecule has 2 heterocycles. The normalized spacial score (nSPS) is 20.8. The maximum atomic E-state index is 9.29. The molecule has 0 spiro atoms. The second-order valence-electron chi connectivity index (χ2n) is 2.41. The Morgan fingerprint density at radius 1 is 1.50 bits per heavy atom. The van der Waals surface area contributed by atoms with E-state index in [1.807, 2.05) is 0 Å². The third kappa shape index (κ3) is 1.02. The van der Waals surface area contributed by atoms with Gasteiger partial charge in [0.15, 0.2) is 5.75 Å². The molecule has 12 heavy (non-hydrogen) atoms. The molecular weight excluding hydrogens is 158 g/mol. The van der Waals surface area contributed by atoms with Crippen molar-refractivity contribution in [3.8, 4) is 5.75 Å². The first-order valence-corrected chi connectivity index (χ1v) is 3.48. The van der Waals surface area contributed by atoms with E-state index in [9.17, 15) is 5.11 Å². The fraction of sp³-hybridized carbons (Fsp3) is 0.125. The fourth-order valence-electron chi connectivity index (χ4n) is 1.06. The van der Waals surface area contributed by atoms with Crippen molar-refractivity contribution in [1.29, 1.82) is 0 Å². The summed E-state index contributed by atoms with van der Waals surface area (Å²) in [7, 11) is 0. The van der Waals surface area contributed by atoms with Gasteiger partial charge in [0.2, 0.25) is 6.29 Å². The lowest BCUT2D eigenvalue weighted by molar-refractivity contribution is 0.0201. The van der Waals surface area contributed by atoms with Gasteiger partial charge in [0.25, 0.3) is 0 Å². The van der Waals surface area contributed by atoms with Crippen molar-refractivity contribution in [3.63, 3.8) is 0 Å². The Hall–Kier alpha value is -1.55. The number of hydrogen-bond acceptors (Lipinski definition) is 4. The van der Waals surface area contributed by atoms with Gasteiger partial charge in [-0.1, -0.05) is 0 Å². The van der Waals surface area contributed by atoms with Crippen LogP contribution in [0.1, 0.15) is 5.69 Å². The largest absolute Gasteiger partial charge is 0.506 e. The lowest BCUT2D eigenvalue weighted by Crippen LogP contribution is -2.18. The van der Waals surface area contributed by atoms with Crippen LogP contribution in [0.25, 0.3) is 5.76 Å². The molecule has 0 fully saturated rings. The van der Waals surface area contributed by atoms with Crippen molar-refractivity contribution in [2.75, 3.05) is 0 Å². The molecule has 0 saturated carbocycles. The summed E-state index contributed by atoms with van der Waals surface area (Å²) in [4.78, 5) is 3.88. The molecule has 0 radical (unpaired) electrons. The average Bonchev–Trinajstić information content (AvgIpc) is 2.04. The summed E-state index contributed by atoms with van der Waals surface area (Å²) >= 11 is 0. The second-order valence-corrected chi connectivity index (χ2v) is 2.41. The molecule has 4 nitrogen and oxygen atoms in total. The number of aliphatic hydroxyl groups excluding tert-OH is 2. The summed E-state index contributed by atoms with van der Waals surface area (Å²) in [6, 6.07) is 3.30. The molecule has 0 amide bonds. The Labute approximate surface area is 68.8 Å². The Morgan fingerprint density at radius 3 is 3.17 bits per heavy atom. The highest BCUT2D eigenvalue weighted by molar-refractivity contribution is 5.62. The maximum Gasteiger partial charge on any atom is 0.221 e. The van der Waals surface area contributed by atoms with Crippen molar-refractivity contribution in [1.82, 2.24) is 4.98 Å². The van der Waals surface area contributed by atoms with Gasteiger partial charge in [-0.3, -0.25) is 0 Å². The van der Waals surface area contributed by atoms with Gasteiger partial charge in [0.1, 0.15) is 11.5 Å². The number of pyridine rings is 1. The number of aromatic nitrogens is 1. The summed E-state index contributed by atoms with van der Waals surface area (Å²) in [6.07, 6.45) is 1.65. The zero-order valence-corrected chi connectivity index (χ0v) is 6.14. The highest BCUT2D eigenvalue weighted by Gasteiger charge is 2.18. The van der Waals surface area contributed by atoms with Gasteiger partial charge in [-0.05, 0) is 12.1 Å². The molecule has 0 aliphatic carbocycles. The predicted molar refractivity (Wildman–Crippen MR) is 41.5 cm³/mol. The molecule has 2 rings (SSSR count). The topological polar surface area (TPSA) is 62.6 Å². The molecule has 62 valence electrons. The van der Waals surface area contributed by atoms with Crippen LogP contribution in [-0.4, -0.2) is 21.5 Å². The Kier molecular flexibility index (Phi) is 1.48. The zero-order valence-electron chi connectivity index (χ0n) is 6.14. The Balaban J connectivity index is 2.53. The first-order valence-electron chi connectivity index (χ1n) is 3.48. The van der Waals surface area contributed by atoms with Crippen LogP contribution in [0, 0.1) is 0 Å². The van der Waals surface area contributed by atoms with Gasteiger partial charge >= 0.3 is 0 Å². The number of aliphatic hydroxyl groups is 2. The predicted octanol–water partition coefficient (Wildman–Crippen LogP) is 0.691. The van der Waals surface area contributed by atoms with E-state index in [1.54, 1.807) is 18.3 Å². The van der Waals surface area contributed by atoms with Crippen molar-refractivity contribution >= 4 is 5.76 Å². The van der Waals surface area contributed by atoms with E-state index in [1.165, 1.54) is 6.08 Å². The maximum absolute atomic E-state index is 9.29. The van der Waals surface area contributed by atoms with Gasteiger partial charge in [-0.25, -0.2) is 4.98 Å². The number of ether oxygens (including phenoxy) is 1. The lowest BCUT2D eigenvalue weighted by Gasteiger charge is -2.17. The first-order chi connectivity index (χ1) is 5.77. The van der Waals surface area contributed by atoms with Crippen LogP contribution in [0.15, 0.2) is 24.4 Å². The van der Waals surface area contributed by atoms with Crippen LogP contribution in [0.4, 0.5) is 0 Å². The van der Waals surface area contributed by atoms with E-state index in [2.05, 4.69) is 4.98 Å². The molecule has 1 aromatic rings. The molecule has 1 aromatic heterocycles. The first kappa shape index (κ1) is 7.12. The van der Waals surface area contributed by atoms with Crippen molar-refractivity contribution < 1.29 is 14.9 Å². The lowest BCUT2D eigenvalue weighted by atomic mass is 10.2.